The number of nitrogen functional groups attached to an aromatic ring is 1. The summed E-state index contributed by atoms with van der Waals surface area (Å²) < 4.78 is 28.3. The van der Waals surface area contributed by atoms with Crippen LogP contribution in [-0.4, -0.2) is 35.0 Å². The van der Waals surface area contributed by atoms with E-state index < -0.39 is 17.5 Å². The van der Waals surface area contributed by atoms with E-state index in [4.69, 9.17) is 11.5 Å². The van der Waals surface area contributed by atoms with Crippen LogP contribution in [0.5, 0.6) is 0 Å². The Hall–Kier alpha value is -3.59. The quantitative estimate of drug-likeness (QED) is 0.593. The molecule has 1 aromatic carbocycles. The van der Waals surface area contributed by atoms with Crippen LogP contribution >= 0.6 is 0 Å². The number of pyridine rings is 2. The van der Waals surface area contributed by atoms with Gasteiger partial charge in [-0.1, -0.05) is 6.07 Å². The van der Waals surface area contributed by atoms with E-state index in [1.807, 2.05) is 0 Å². The average molecular weight is 424 g/mol. The minimum absolute atomic E-state index is 0.0247. The van der Waals surface area contributed by atoms with E-state index in [2.05, 4.69) is 20.2 Å². The maximum Gasteiger partial charge on any atom is 0.276 e. The molecule has 1 amide bonds. The predicted molar refractivity (Wildman–Crippen MR) is 116 cm³/mol. The highest BCUT2D eigenvalue weighted by Gasteiger charge is 2.22. The first-order chi connectivity index (χ1) is 14.9. The fourth-order valence-corrected chi connectivity index (χ4v) is 3.70. The molecule has 0 radical (unpaired) electrons. The van der Waals surface area contributed by atoms with Crippen molar-refractivity contribution >= 4 is 23.0 Å². The van der Waals surface area contributed by atoms with Crippen LogP contribution in [0.25, 0.3) is 11.3 Å². The fourth-order valence-electron chi connectivity index (χ4n) is 3.70. The molecule has 0 saturated carbocycles. The van der Waals surface area contributed by atoms with Crippen LogP contribution in [0.1, 0.15) is 23.3 Å². The topological polar surface area (TPSA) is 110 Å². The number of nitrogens with zero attached hydrogens (tertiary/aromatic N) is 3. The summed E-state index contributed by atoms with van der Waals surface area (Å²) in [6.45, 7) is 1.47. The number of rotatable bonds is 4. The van der Waals surface area contributed by atoms with Gasteiger partial charge in [0.05, 0.1) is 34.5 Å². The van der Waals surface area contributed by atoms with Gasteiger partial charge in [0.25, 0.3) is 5.91 Å². The zero-order valence-corrected chi connectivity index (χ0v) is 16.7. The molecule has 0 spiro atoms. The number of carbonyl (C=O) groups excluding carboxylic acids is 1. The molecule has 9 heteroatoms. The van der Waals surface area contributed by atoms with Crippen molar-refractivity contribution < 1.29 is 13.6 Å². The average Bonchev–Trinajstić information content (AvgIpc) is 2.75. The van der Waals surface area contributed by atoms with Crippen molar-refractivity contribution in [2.45, 2.75) is 18.9 Å². The Kier molecular flexibility index (Phi) is 5.77. The Bertz CT molecular complexity index is 1100. The molecule has 2 aromatic heterocycles. The number of nitrogens with one attached hydrogen (secondary N) is 1. The van der Waals surface area contributed by atoms with Crippen LogP contribution in [0.15, 0.2) is 48.8 Å². The van der Waals surface area contributed by atoms with E-state index in [1.165, 1.54) is 24.4 Å². The number of benzene rings is 1. The Morgan fingerprint density at radius 3 is 2.68 bits per heavy atom. The number of amides is 1. The standard InChI is InChI=1S/C22H22F2N6O/c23-14-4-1-5-15(24)20(14)17-7-6-16(26)21(28-17)22(31)29-18-11-27-9-8-19(18)30-10-2-3-13(25)12-30/h1,4-9,11,13H,2-3,10,12,25-26H2,(H,29,31)/t13-/m1/s1. The van der Waals surface area contributed by atoms with Gasteiger partial charge in [0.15, 0.2) is 5.69 Å². The van der Waals surface area contributed by atoms with Crippen LogP contribution in [-0.2, 0) is 0 Å². The molecule has 1 aliphatic rings. The van der Waals surface area contributed by atoms with Gasteiger partial charge in [0.1, 0.15) is 11.6 Å². The fraction of sp³-hybridized carbons (Fsp3) is 0.227. The molecule has 1 atom stereocenters. The zero-order chi connectivity index (χ0) is 22.0. The second-order valence-electron chi connectivity index (χ2n) is 7.43. The Morgan fingerprint density at radius 2 is 1.94 bits per heavy atom. The third-order valence-corrected chi connectivity index (χ3v) is 5.21. The van der Waals surface area contributed by atoms with Gasteiger partial charge in [-0.3, -0.25) is 9.78 Å². The highest BCUT2D eigenvalue weighted by molar-refractivity contribution is 6.07. The molecule has 160 valence electrons. The van der Waals surface area contributed by atoms with E-state index in [1.54, 1.807) is 12.3 Å². The molecule has 1 saturated heterocycles. The van der Waals surface area contributed by atoms with Crippen LogP contribution in [0, 0.1) is 11.6 Å². The molecule has 3 heterocycles. The van der Waals surface area contributed by atoms with Crippen molar-refractivity contribution in [3.05, 3.63) is 66.1 Å². The summed E-state index contributed by atoms with van der Waals surface area (Å²) in [6, 6.07) is 8.14. The van der Waals surface area contributed by atoms with Crippen molar-refractivity contribution in [1.82, 2.24) is 9.97 Å². The molecular weight excluding hydrogens is 402 g/mol. The number of hydrogen-bond acceptors (Lipinski definition) is 6. The summed E-state index contributed by atoms with van der Waals surface area (Å²) in [6.07, 6.45) is 5.06. The predicted octanol–water partition coefficient (Wildman–Crippen LogP) is 3.18. The lowest BCUT2D eigenvalue weighted by atomic mass is 10.1. The maximum atomic E-state index is 14.2. The number of anilines is 3. The summed E-state index contributed by atoms with van der Waals surface area (Å²) in [5, 5.41) is 2.77. The molecule has 31 heavy (non-hydrogen) atoms. The molecule has 1 aliphatic heterocycles. The zero-order valence-electron chi connectivity index (χ0n) is 16.7. The summed E-state index contributed by atoms with van der Waals surface area (Å²) in [7, 11) is 0. The minimum atomic E-state index is -0.778. The Morgan fingerprint density at radius 1 is 1.16 bits per heavy atom. The monoisotopic (exact) mass is 424 g/mol. The summed E-state index contributed by atoms with van der Waals surface area (Å²) in [5.41, 5.74) is 12.9. The van der Waals surface area contributed by atoms with Gasteiger partial charge in [-0.2, -0.15) is 0 Å². The van der Waals surface area contributed by atoms with Gasteiger partial charge in [0, 0.05) is 25.3 Å². The molecule has 4 rings (SSSR count). The van der Waals surface area contributed by atoms with Crippen LogP contribution in [0.4, 0.5) is 25.8 Å². The van der Waals surface area contributed by atoms with E-state index >= 15 is 0 Å². The summed E-state index contributed by atoms with van der Waals surface area (Å²) in [4.78, 5) is 23.3. The molecule has 0 aliphatic carbocycles. The number of piperidine rings is 1. The first kappa shape index (κ1) is 20.7. The first-order valence-corrected chi connectivity index (χ1v) is 9.91. The molecular formula is C22H22F2N6O. The largest absolute Gasteiger partial charge is 0.397 e. The van der Waals surface area contributed by atoms with E-state index in [0.29, 0.717) is 12.2 Å². The third kappa shape index (κ3) is 4.31. The number of hydrogen-bond donors (Lipinski definition) is 3. The summed E-state index contributed by atoms with van der Waals surface area (Å²) >= 11 is 0. The Labute approximate surface area is 178 Å². The number of halogens is 2. The van der Waals surface area contributed by atoms with E-state index in [9.17, 15) is 13.6 Å². The molecule has 0 unspecified atom stereocenters. The first-order valence-electron chi connectivity index (χ1n) is 9.91. The van der Waals surface area contributed by atoms with Crippen molar-refractivity contribution in [2.24, 2.45) is 5.73 Å². The lowest BCUT2D eigenvalue weighted by Crippen LogP contribution is -2.43. The van der Waals surface area contributed by atoms with Gasteiger partial charge in [-0.25, -0.2) is 13.8 Å². The second-order valence-corrected chi connectivity index (χ2v) is 7.43. The lowest BCUT2D eigenvalue weighted by Gasteiger charge is -2.33. The third-order valence-electron chi connectivity index (χ3n) is 5.21. The van der Waals surface area contributed by atoms with Gasteiger partial charge in [0.2, 0.25) is 0 Å². The number of carbonyl (C=O) groups is 1. The highest BCUT2D eigenvalue weighted by Crippen LogP contribution is 2.29. The smallest absolute Gasteiger partial charge is 0.276 e. The van der Waals surface area contributed by atoms with Crippen molar-refractivity contribution in [3.63, 3.8) is 0 Å². The van der Waals surface area contributed by atoms with E-state index in [-0.39, 0.29) is 28.7 Å². The molecule has 3 aromatic rings. The second kappa shape index (κ2) is 8.65. The lowest BCUT2D eigenvalue weighted by molar-refractivity contribution is 0.102. The van der Waals surface area contributed by atoms with Crippen molar-refractivity contribution in [1.29, 1.82) is 0 Å². The van der Waals surface area contributed by atoms with Crippen LogP contribution in [0.2, 0.25) is 0 Å². The number of aromatic nitrogens is 2. The van der Waals surface area contributed by atoms with Crippen LogP contribution < -0.4 is 21.7 Å². The van der Waals surface area contributed by atoms with Gasteiger partial charge < -0.3 is 21.7 Å². The normalized spacial score (nSPS) is 16.2. The molecule has 7 nitrogen and oxygen atoms in total. The molecule has 1 fully saturated rings. The summed E-state index contributed by atoms with van der Waals surface area (Å²) in [5.74, 6) is -2.16. The van der Waals surface area contributed by atoms with Crippen molar-refractivity contribution in [2.75, 3.05) is 29.0 Å². The van der Waals surface area contributed by atoms with Gasteiger partial charge in [-0.15, -0.1) is 0 Å². The van der Waals surface area contributed by atoms with E-state index in [0.717, 1.165) is 37.2 Å². The maximum absolute atomic E-state index is 14.2. The minimum Gasteiger partial charge on any atom is -0.397 e. The molecule has 5 N–H and O–H groups in total. The SMILES string of the molecule is Nc1ccc(-c2c(F)cccc2F)nc1C(=O)Nc1cnccc1N1CCC[C@@H](N)C1. The number of nitrogens with two attached hydrogens (primary N) is 2. The van der Waals surface area contributed by atoms with Gasteiger partial charge >= 0.3 is 0 Å². The van der Waals surface area contributed by atoms with Crippen molar-refractivity contribution in [3.8, 4) is 11.3 Å². The molecule has 0 bridgehead atoms. The van der Waals surface area contributed by atoms with Crippen LogP contribution in [0.3, 0.4) is 0 Å². The highest BCUT2D eigenvalue weighted by atomic mass is 19.1. The Balaban J connectivity index is 1.65. The van der Waals surface area contributed by atoms with Gasteiger partial charge in [-0.05, 0) is 43.2 Å².